The molecule has 2 aromatic heterocycles. The minimum atomic E-state index is -0.465. The Morgan fingerprint density at radius 2 is 1.84 bits per heavy atom. The van der Waals surface area contributed by atoms with E-state index in [4.69, 9.17) is 0 Å². The number of hydrogen-bond donors (Lipinski definition) is 1. The van der Waals surface area contributed by atoms with Crippen molar-refractivity contribution >= 4 is 17.1 Å². The predicted octanol–water partition coefficient (Wildman–Crippen LogP) is -0.207. The number of rotatable bonds is 5. The lowest BCUT2D eigenvalue weighted by Gasteiger charge is -2.08. The molecule has 0 aliphatic carbocycles. The Morgan fingerprint density at radius 1 is 1.12 bits per heavy atom. The van der Waals surface area contributed by atoms with E-state index in [2.05, 4.69) is 10.3 Å². The Balaban J connectivity index is 1.74. The lowest BCUT2D eigenvalue weighted by atomic mass is 10.1. The van der Waals surface area contributed by atoms with Gasteiger partial charge in [-0.1, -0.05) is 30.3 Å². The van der Waals surface area contributed by atoms with Gasteiger partial charge in [0.2, 0.25) is 5.91 Å². The number of nitrogens with zero attached hydrogens (tertiary/aromatic N) is 4. The van der Waals surface area contributed by atoms with Crippen LogP contribution in [0, 0.1) is 0 Å². The lowest BCUT2D eigenvalue weighted by molar-refractivity contribution is -0.121. The van der Waals surface area contributed by atoms with Crippen molar-refractivity contribution in [2.75, 3.05) is 6.54 Å². The van der Waals surface area contributed by atoms with Gasteiger partial charge >= 0.3 is 5.69 Å². The second-order valence-corrected chi connectivity index (χ2v) is 5.84. The molecule has 3 aromatic rings. The van der Waals surface area contributed by atoms with Gasteiger partial charge in [0.15, 0.2) is 11.2 Å². The topological polar surface area (TPSA) is 90.9 Å². The Labute approximate surface area is 143 Å². The maximum atomic E-state index is 12.3. The van der Waals surface area contributed by atoms with Crippen LogP contribution in [0.3, 0.4) is 0 Å². The number of imidazole rings is 1. The van der Waals surface area contributed by atoms with Crippen LogP contribution < -0.4 is 16.6 Å². The van der Waals surface area contributed by atoms with E-state index in [0.29, 0.717) is 6.54 Å². The highest BCUT2D eigenvalue weighted by molar-refractivity contribution is 5.78. The highest BCUT2D eigenvalue weighted by atomic mass is 16.2. The van der Waals surface area contributed by atoms with Crippen LogP contribution in [0.25, 0.3) is 11.2 Å². The molecule has 0 unspecified atom stereocenters. The van der Waals surface area contributed by atoms with E-state index in [9.17, 15) is 14.4 Å². The molecule has 130 valence electrons. The van der Waals surface area contributed by atoms with E-state index in [0.717, 1.165) is 16.6 Å². The van der Waals surface area contributed by atoms with Gasteiger partial charge < -0.3 is 9.88 Å². The molecule has 2 heterocycles. The normalized spacial score (nSPS) is 11.0. The molecular weight excluding hydrogens is 322 g/mol. The molecule has 0 bridgehead atoms. The lowest BCUT2D eigenvalue weighted by Crippen LogP contribution is -2.38. The summed E-state index contributed by atoms with van der Waals surface area (Å²) in [6.07, 6.45) is 2.13. The SMILES string of the molecule is Cn1c(=O)c2c(ncn2CC(=O)NCCc2ccccc2)n(C)c1=O. The van der Waals surface area contributed by atoms with Crippen molar-refractivity contribution in [2.24, 2.45) is 14.1 Å². The molecule has 0 saturated carbocycles. The predicted molar refractivity (Wildman–Crippen MR) is 93.4 cm³/mol. The number of nitrogens with one attached hydrogen (secondary N) is 1. The van der Waals surface area contributed by atoms with Crippen molar-refractivity contribution in [3.63, 3.8) is 0 Å². The summed E-state index contributed by atoms with van der Waals surface area (Å²) in [6, 6.07) is 9.85. The third-order valence-electron chi connectivity index (χ3n) is 4.11. The molecule has 0 fully saturated rings. The fourth-order valence-corrected chi connectivity index (χ4v) is 2.72. The highest BCUT2D eigenvalue weighted by Crippen LogP contribution is 2.05. The van der Waals surface area contributed by atoms with E-state index >= 15 is 0 Å². The molecule has 1 N–H and O–H groups in total. The number of hydrogen-bond acceptors (Lipinski definition) is 4. The first kappa shape index (κ1) is 16.7. The summed E-state index contributed by atoms with van der Waals surface area (Å²) in [7, 11) is 2.95. The maximum Gasteiger partial charge on any atom is 0.332 e. The van der Waals surface area contributed by atoms with Crippen LogP contribution in [0.5, 0.6) is 0 Å². The van der Waals surface area contributed by atoms with Gasteiger partial charge in [-0.05, 0) is 12.0 Å². The van der Waals surface area contributed by atoms with Gasteiger partial charge in [0.1, 0.15) is 6.54 Å². The Morgan fingerprint density at radius 3 is 2.56 bits per heavy atom. The first-order valence-electron chi connectivity index (χ1n) is 7.90. The van der Waals surface area contributed by atoms with Crippen LogP contribution in [0.4, 0.5) is 0 Å². The maximum absolute atomic E-state index is 12.3. The van der Waals surface area contributed by atoms with Crippen molar-refractivity contribution < 1.29 is 4.79 Å². The molecule has 0 saturated heterocycles. The fraction of sp³-hybridized carbons (Fsp3) is 0.294. The van der Waals surface area contributed by atoms with Crippen LogP contribution in [0.15, 0.2) is 46.2 Å². The number of benzene rings is 1. The number of aromatic nitrogens is 4. The van der Waals surface area contributed by atoms with Crippen LogP contribution in [-0.4, -0.2) is 31.1 Å². The van der Waals surface area contributed by atoms with E-state index < -0.39 is 11.2 Å². The summed E-state index contributed by atoms with van der Waals surface area (Å²) in [5.41, 5.74) is 0.732. The largest absolute Gasteiger partial charge is 0.354 e. The number of carbonyl (C=O) groups excluding carboxylic acids is 1. The second-order valence-electron chi connectivity index (χ2n) is 5.84. The Bertz CT molecular complexity index is 1030. The summed E-state index contributed by atoms with van der Waals surface area (Å²) in [4.78, 5) is 40.5. The summed E-state index contributed by atoms with van der Waals surface area (Å²) >= 11 is 0. The van der Waals surface area contributed by atoms with E-state index in [1.807, 2.05) is 30.3 Å². The molecule has 8 heteroatoms. The van der Waals surface area contributed by atoms with Crippen molar-refractivity contribution in [1.82, 2.24) is 24.0 Å². The van der Waals surface area contributed by atoms with Gasteiger partial charge in [-0.2, -0.15) is 0 Å². The summed E-state index contributed by atoms with van der Waals surface area (Å²) in [5.74, 6) is -0.217. The van der Waals surface area contributed by atoms with Gasteiger partial charge in [0, 0.05) is 20.6 Å². The van der Waals surface area contributed by atoms with Crippen molar-refractivity contribution in [1.29, 1.82) is 0 Å². The quantitative estimate of drug-likeness (QED) is 0.695. The summed E-state index contributed by atoms with van der Waals surface area (Å²) < 4.78 is 3.77. The monoisotopic (exact) mass is 341 g/mol. The number of carbonyl (C=O) groups is 1. The zero-order valence-corrected chi connectivity index (χ0v) is 14.1. The number of amides is 1. The zero-order chi connectivity index (χ0) is 18.0. The molecule has 0 radical (unpaired) electrons. The molecule has 0 aliphatic heterocycles. The molecule has 3 rings (SSSR count). The molecule has 25 heavy (non-hydrogen) atoms. The van der Waals surface area contributed by atoms with Gasteiger partial charge in [-0.3, -0.25) is 18.7 Å². The standard InChI is InChI=1S/C17H19N5O3/c1-20-15-14(16(24)21(2)17(20)25)22(11-19-15)10-13(23)18-9-8-12-6-4-3-5-7-12/h3-7,11H,8-10H2,1-2H3,(H,18,23). The van der Waals surface area contributed by atoms with Crippen molar-refractivity contribution in [3.8, 4) is 0 Å². The number of aryl methyl sites for hydroxylation is 1. The van der Waals surface area contributed by atoms with Crippen LogP contribution in [-0.2, 0) is 31.9 Å². The minimum Gasteiger partial charge on any atom is -0.354 e. The third kappa shape index (κ3) is 3.23. The third-order valence-corrected chi connectivity index (χ3v) is 4.11. The second kappa shape index (κ2) is 6.76. The molecule has 1 aromatic carbocycles. The van der Waals surface area contributed by atoms with E-state index in [1.54, 1.807) is 7.05 Å². The highest BCUT2D eigenvalue weighted by Gasteiger charge is 2.15. The molecule has 0 aliphatic rings. The molecular formula is C17H19N5O3. The Kier molecular flexibility index (Phi) is 4.51. The first-order chi connectivity index (χ1) is 12.0. The number of fused-ring (bicyclic) bond motifs is 1. The van der Waals surface area contributed by atoms with E-state index in [-0.39, 0.29) is 23.6 Å². The zero-order valence-electron chi connectivity index (χ0n) is 14.1. The Hall–Kier alpha value is -3.16. The first-order valence-corrected chi connectivity index (χ1v) is 7.90. The molecule has 0 atom stereocenters. The van der Waals surface area contributed by atoms with Gasteiger partial charge in [-0.25, -0.2) is 9.78 Å². The van der Waals surface area contributed by atoms with Crippen LogP contribution >= 0.6 is 0 Å². The molecule has 1 amide bonds. The van der Waals surface area contributed by atoms with Crippen molar-refractivity contribution in [2.45, 2.75) is 13.0 Å². The average Bonchev–Trinajstić information content (AvgIpc) is 3.02. The van der Waals surface area contributed by atoms with Crippen LogP contribution in [0.2, 0.25) is 0 Å². The summed E-state index contributed by atoms with van der Waals surface area (Å²) in [6.45, 7) is 0.477. The molecule has 8 nitrogen and oxygen atoms in total. The van der Waals surface area contributed by atoms with E-state index in [1.165, 1.54) is 22.5 Å². The summed E-state index contributed by atoms with van der Waals surface area (Å²) in [5, 5.41) is 2.83. The fourth-order valence-electron chi connectivity index (χ4n) is 2.72. The van der Waals surface area contributed by atoms with Crippen LogP contribution in [0.1, 0.15) is 5.56 Å². The smallest absolute Gasteiger partial charge is 0.332 e. The van der Waals surface area contributed by atoms with Gasteiger partial charge in [0.05, 0.1) is 6.33 Å². The molecule has 0 spiro atoms. The van der Waals surface area contributed by atoms with Gasteiger partial charge in [-0.15, -0.1) is 0 Å². The average molecular weight is 341 g/mol. The minimum absolute atomic E-state index is 0.0290. The van der Waals surface area contributed by atoms with Gasteiger partial charge in [0.25, 0.3) is 5.56 Å². The van der Waals surface area contributed by atoms with Crippen molar-refractivity contribution in [3.05, 3.63) is 63.1 Å².